The second-order valence-corrected chi connectivity index (χ2v) is 3.81. The second kappa shape index (κ2) is 4.99. The van der Waals surface area contributed by atoms with E-state index in [2.05, 4.69) is 10.1 Å². The lowest BCUT2D eigenvalue weighted by Crippen LogP contribution is -2.36. The maximum absolute atomic E-state index is 11.9. The smallest absolute Gasteiger partial charge is 0.342 e. The van der Waals surface area contributed by atoms with E-state index in [1.807, 2.05) is 13.8 Å². The molecule has 0 radical (unpaired) electrons. The number of carbonyl (C=O) groups excluding carboxylic acids is 1. The zero-order valence-corrected chi connectivity index (χ0v) is 10.4. The van der Waals surface area contributed by atoms with Crippen molar-refractivity contribution in [2.24, 2.45) is 0 Å². The molecule has 0 unspecified atom stereocenters. The predicted molar refractivity (Wildman–Crippen MR) is 65.2 cm³/mol. The summed E-state index contributed by atoms with van der Waals surface area (Å²) in [5.74, 6) is -0.113. The summed E-state index contributed by atoms with van der Waals surface area (Å²) in [4.78, 5) is 29.4. The number of fused-ring (bicyclic) bond motifs is 1. The fraction of sp³-hybridized carbons (Fsp3) is 0.455. The van der Waals surface area contributed by atoms with Crippen LogP contribution in [0.5, 0.6) is 0 Å². The van der Waals surface area contributed by atoms with Crippen LogP contribution in [0.1, 0.15) is 13.8 Å². The molecule has 0 bridgehead atoms. The third-order valence-electron chi connectivity index (χ3n) is 2.79. The van der Waals surface area contributed by atoms with Crippen LogP contribution in [0.3, 0.4) is 0 Å². The average Bonchev–Trinajstić information content (AvgIpc) is 2.68. The molecule has 0 fully saturated rings. The van der Waals surface area contributed by atoms with Crippen molar-refractivity contribution in [1.82, 2.24) is 24.1 Å². The molecule has 0 aliphatic heterocycles. The SMILES string of the molecule is CCN(CC)C(=O)Cn1nc2cnccn2c1=O. The molecule has 1 amide bonds. The van der Waals surface area contributed by atoms with Crippen molar-refractivity contribution >= 4 is 11.6 Å². The molecule has 7 heteroatoms. The Bertz CT molecular complexity index is 611. The highest BCUT2D eigenvalue weighted by atomic mass is 16.2. The molecule has 0 atom stereocenters. The zero-order chi connectivity index (χ0) is 13.1. The Morgan fingerprint density at radius 2 is 2.11 bits per heavy atom. The summed E-state index contributed by atoms with van der Waals surface area (Å²) in [6, 6.07) is 0. The summed E-state index contributed by atoms with van der Waals surface area (Å²) < 4.78 is 2.53. The summed E-state index contributed by atoms with van der Waals surface area (Å²) in [5, 5.41) is 4.06. The van der Waals surface area contributed by atoms with Gasteiger partial charge >= 0.3 is 5.69 Å². The highest BCUT2D eigenvalue weighted by Gasteiger charge is 2.14. The molecular weight excluding hydrogens is 234 g/mol. The number of likely N-dealkylation sites (N-methyl/N-ethyl adjacent to an activating group) is 1. The number of hydrogen-bond donors (Lipinski definition) is 0. The van der Waals surface area contributed by atoms with E-state index in [-0.39, 0.29) is 18.1 Å². The van der Waals surface area contributed by atoms with Gasteiger partial charge < -0.3 is 4.90 Å². The van der Waals surface area contributed by atoms with Crippen LogP contribution in [0.15, 0.2) is 23.4 Å². The Kier molecular flexibility index (Phi) is 3.40. The lowest BCUT2D eigenvalue weighted by molar-refractivity contribution is -0.131. The van der Waals surface area contributed by atoms with Crippen LogP contribution in [-0.4, -0.2) is 43.1 Å². The van der Waals surface area contributed by atoms with E-state index in [1.54, 1.807) is 4.90 Å². The Labute approximate surface area is 104 Å². The molecule has 0 aliphatic carbocycles. The summed E-state index contributed by atoms with van der Waals surface area (Å²) >= 11 is 0. The van der Waals surface area contributed by atoms with Gasteiger partial charge in [0.25, 0.3) is 0 Å². The van der Waals surface area contributed by atoms with Gasteiger partial charge in [-0.25, -0.2) is 13.9 Å². The Morgan fingerprint density at radius 3 is 2.72 bits per heavy atom. The van der Waals surface area contributed by atoms with Crippen molar-refractivity contribution in [2.45, 2.75) is 20.4 Å². The van der Waals surface area contributed by atoms with Crippen LogP contribution in [0.4, 0.5) is 0 Å². The first kappa shape index (κ1) is 12.3. The molecule has 0 N–H and O–H groups in total. The molecule has 0 saturated heterocycles. The molecule has 96 valence electrons. The van der Waals surface area contributed by atoms with Crippen LogP contribution < -0.4 is 5.69 Å². The van der Waals surface area contributed by atoms with E-state index in [1.165, 1.54) is 23.0 Å². The van der Waals surface area contributed by atoms with E-state index in [0.29, 0.717) is 18.7 Å². The van der Waals surface area contributed by atoms with Gasteiger partial charge in [-0.1, -0.05) is 0 Å². The fourth-order valence-electron chi connectivity index (χ4n) is 1.79. The quantitative estimate of drug-likeness (QED) is 0.749. The maximum atomic E-state index is 11.9. The summed E-state index contributed by atoms with van der Waals surface area (Å²) in [6.45, 7) is 5.01. The molecule has 0 aliphatic rings. The van der Waals surface area contributed by atoms with Crippen molar-refractivity contribution in [2.75, 3.05) is 13.1 Å². The minimum absolute atomic E-state index is 0.0395. The lowest BCUT2D eigenvalue weighted by atomic mass is 10.4. The van der Waals surface area contributed by atoms with E-state index in [0.717, 1.165) is 4.68 Å². The lowest BCUT2D eigenvalue weighted by Gasteiger charge is -2.17. The van der Waals surface area contributed by atoms with E-state index in [4.69, 9.17) is 0 Å². The first-order chi connectivity index (χ1) is 8.67. The molecule has 7 nitrogen and oxygen atoms in total. The molecule has 2 aromatic heterocycles. The van der Waals surface area contributed by atoms with Gasteiger partial charge in [0.2, 0.25) is 5.91 Å². The molecule has 0 spiro atoms. The monoisotopic (exact) mass is 249 g/mol. The van der Waals surface area contributed by atoms with Crippen LogP contribution in [0.25, 0.3) is 5.65 Å². The van der Waals surface area contributed by atoms with Crippen LogP contribution in [0, 0.1) is 0 Å². The standard InChI is InChI=1S/C11H15N5O2/c1-3-14(4-2)10(17)8-16-11(18)15-6-5-12-7-9(15)13-16/h5-7H,3-4,8H2,1-2H3. The molecule has 0 aromatic carbocycles. The van der Waals surface area contributed by atoms with Gasteiger partial charge in [-0.3, -0.25) is 9.78 Å². The largest absolute Gasteiger partial charge is 0.350 e. The van der Waals surface area contributed by atoms with Gasteiger partial charge in [0.1, 0.15) is 6.54 Å². The van der Waals surface area contributed by atoms with Gasteiger partial charge in [0, 0.05) is 25.5 Å². The Morgan fingerprint density at radius 1 is 1.39 bits per heavy atom. The molecule has 2 aromatic rings. The average molecular weight is 249 g/mol. The van der Waals surface area contributed by atoms with Crippen molar-refractivity contribution < 1.29 is 4.79 Å². The first-order valence-electron chi connectivity index (χ1n) is 5.84. The minimum atomic E-state index is -0.326. The van der Waals surface area contributed by atoms with Crippen LogP contribution in [0.2, 0.25) is 0 Å². The van der Waals surface area contributed by atoms with Gasteiger partial charge in [-0.2, -0.15) is 0 Å². The van der Waals surface area contributed by atoms with Gasteiger partial charge in [0.05, 0.1) is 6.20 Å². The van der Waals surface area contributed by atoms with E-state index in [9.17, 15) is 9.59 Å². The van der Waals surface area contributed by atoms with Crippen LogP contribution in [-0.2, 0) is 11.3 Å². The Hall–Kier alpha value is -2.18. The number of amides is 1. The van der Waals surface area contributed by atoms with Crippen LogP contribution >= 0.6 is 0 Å². The topological polar surface area (TPSA) is 72.5 Å². The number of nitrogens with zero attached hydrogens (tertiary/aromatic N) is 5. The highest BCUT2D eigenvalue weighted by Crippen LogP contribution is 1.95. The third kappa shape index (κ3) is 2.11. The number of carbonyl (C=O) groups is 1. The zero-order valence-electron chi connectivity index (χ0n) is 10.4. The predicted octanol–water partition coefficient (Wildman–Crippen LogP) is -0.241. The van der Waals surface area contributed by atoms with E-state index < -0.39 is 0 Å². The summed E-state index contributed by atoms with van der Waals surface area (Å²) in [5.41, 5.74) is 0.114. The molecule has 0 saturated carbocycles. The molecule has 18 heavy (non-hydrogen) atoms. The van der Waals surface area contributed by atoms with Gasteiger partial charge in [0.15, 0.2) is 5.65 Å². The van der Waals surface area contributed by atoms with Crippen molar-refractivity contribution in [3.05, 3.63) is 29.1 Å². The summed E-state index contributed by atoms with van der Waals surface area (Å²) in [7, 11) is 0. The van der Waals surface area contributed by atoms with Crippen molar-refractivity contribution in [3.63, 3.8) is 0 Å². The minimum Gasteiger partial charge on any atom is -0.342 e. The van der Waals surface area contributed by atoms with Crippen molar-refractivity contribution in [3.8, 4) is 0 Å². The molecule has 2 heterocycles. The number of aromatic nitrogens is 4. The van der Waals surface area contributed by atoms with Crippen molar-refractivity contribution in [1.29, 1.82) is 0 Å². The summed E-state index contributed by atoms with van der Waals surface area (Å²) in [6.07, 6.45) is 4.52. The van der Waals surface area contributed by atoms with Gasteiger partial charge in [-0.15, -0.1) is 5.10 Å². The highest BCUT2D eigenvalue weighted by molar-refractivity contribution is 5.75. The maximum Gasteiger partial charge on any atom is 0.350 e. The Balaban J connectivity index is 2.30. The number of rotatable bonds is 4. The molecular formula is C11H15N5O2. The fourth-order valence-corrected chi connectivity index (χ4v) is 1.79. The second-order valence-electron chi connectivity index (χ2n) is 3.81. The molecule has 2 rings (SSSR count). The van der Waals surface area contributed by atoms with Gasteiger partial charge in [-0.05, 0) is 13.8 Å². The third-order valence-corrected chi connectivity index (χ3v) is 2.79. The van der Waals surface area contributed by atoms with E-state index >= 15 is 0 Å². The number of hydrogen-bond acceptors (Lipinski definition) is 4. The normalized spacial score (nSPS) is 10.8. The first-order valence-corrected chi connectivity index (χ1v) is 5.84.